The van der Waals surface area contributed by atoms with Crippen LogP contribution in [0.2, 0.25) is 5.02 Å². The predicted molar refractivity (Wildman–Crippen MR) is 81.2 cm³/mol. The van der Waals surface area contributed by atoms with E-state index in [1.807, 2.05) is 28.8 Å². The van der Waals surface area contributed by atoms with Gasteiger partial charge in [0.25, 0.3) is 0 Å². The minimum absolute atomic E-state index is 0.314. The molecule has 0 aliphatic heterocycles. The predicted octanol–water partition coefficient (Wildman–Crippen LogP) is 3.03. The van der Waals surface area contributed by atoms with Crippen LogP contribution in [0.3, 0.4) is 0 Å². The Morgan fingerprint density at radius 2 is 2.10 bits per heavy atom. The average Bonchev–Trinajstić information content (AvgIpc) is 2.91. The van der Waals surface area contributed by atoms with Crippen LogP contribution in [0.4, 0.5) is 4.39 Å². The topological polar surface area (TPSA) is 55.9 Å². The summed E-state index contributed by atoms with van der Waals surface area (Å²) in [4.78, 5) is 4.33. The molecule has 6 heteroatoms. The van der Waals surface area contributed by atoms with Gasteiger partial charge in [-0.2, -0.15) is 0 Å². The summed E-state index contributed by atoms with van der Waals surface area (Å²) in [5, 5.41) is 0.476. The Morgan fingerprint density at radius 1 is 1.29 bits per heavy atom. The molecule has 0 spiro atoms. The third-order valence-corrected chi connectivity index (χ3v) is 3.79. The third-order valence-electron chi connectivity index (χ3n) is 3.44. The summed E-state index contributed by atoms with van der Waals surface area (Å²) in [6.07, 6.45) is 1.74. The molecule has 0 amide bonds. The Morgan fingerprint density at radius 3 is 2.90 bits per heavy atom. The molecule has 3 N–H and O–H groups in total. The Hall–Kier alpha value is -1.95. The van der Waals surface area contributed by atoms with E-state index >= 15 is 0 Å². The molecule has 0 saturated carbocycles. The molecule has 0 aliphatic carbocycles. The molecule has 0 bridgehead atoms. The number of hydrazine groups is 1. The second-order valence-corrected chi connectivity index (χ2v) is 5.18. The molecular formula is C15H14ClFN4. The van der Waals surface area contributed by atoms with Crippen molar-refractivity contribution in [3.05, 3.63) is 65.2 Å². The van der Waals surface area contributed by atoms with Gasteiger partial charge in [-0.1, -0.05) is 23.7 Å². The lowest BCUT2D eigenvalue weighted by molar-refractivity contribution is 0.478. The molecule has 3 rings (SSSR count). The lowest BCUT2D eigenvalue weighted by Gasteiger charge is -2.18. The third kappa shape index (κ3) is 2.76. The van der Waals surface area contributed by atoms with Crippen molar-refractivity contribution in [2.75, 3.05) is 0 Å². The van der Waals surface area contributed by atoms with Crippen LogP contribution in [-0.2, 0) is 6.54 Å². The van der Waals surface area contributed by atoms with Crippen molar-refractivity contribution < 1.29 is 4.39 Å². The highest BCUT2D eigenvalue weighted by molar-refractivity contribution is 6.31. The summed E-state index contributed by atoms with van der Waals surface area (Å²) in [7, 11) is 0. The van der Waals surface area contributed by atoms with Gasteiger partial charge in [0.2, 0.25) is 0 Å². The first-order chi connectivity index (χ1) is 10.2. The smallest absolute Gasteiger partial charge is 0.123 e. The van der Waals surface area contributed by atoms with E-state index in [1.54, 1.807) is 6.33 Å². The highest BCUT2D eigenvalue weighted by Gasteiger charge is 2.16. The van der Waals surface area contributed by atoms with Crippen molar-refractivity contribution in [3.8, 4) is 0 Å². The minimum atomic E-state index is -0.342. The van der Waals surface area contributed by atoms with E-state index < -0.39 is 0 Å². The van der Waals surface area contributed by atoms with E-state index in [2.05, 4.69) is 10.4 Å². The summed E-state index contributed by atoms with van der Waals surface area (Å²) >= 11 is 6.14. The van der Waals surface area contributed by atoms with Gasteiger partial charge in [-0.25, -0.2) is 9.37 Å². The molecular weight excluding hydrogens is 291 g/mol. The molecule has 2 aromatic carbocycles. The van der Waals surface area contributed by atoms with Crippen LogP contribution in [0.15, 0.2) is 48.8 Å². The number of fused-ring (bicyclic) bond motifs is 1. The van der Waals surface area contributed by atoms with Crippen molar-refractivity contribution in [2.24, 2.45) is 5.84 Å². The zero-order chi connectivity index (χ0) is 14.8. The molecule has 1 aromatic heterocycles. The second-order valence-electron chi connectivity index (χ2n) is 4.77. The summed E-state index contributed by atoms with van der Waals surface area (Å²) in [6, 6.07) is 11.7. The molecule has 0 aliphatic rings. The van der Waals surface area contributed by atoms with Crippen LogP contribution < -0.4 is 11.3 Å². The van der Waals surface area contributed by atoms with Crippen molar-refractivity contribution in [1.82, 2.24) is 15.0 Å². The Labute approximate surface area is 126 Å². The number of imidazole rings is 1. The van der Waals surface area contributed by atoms with Gasteiger partial charge in [0.05, 0.1) is 23.4 Å². The van der Waals surface area contributed by atoms with Gasteiger partial charge in [-0.05, 0) is 35.9 Å². The molecule has 3 aromatic rings. The Bertz CT molecular complexity index is 771. The fraction of sp³-hybridized carbons (Fsp3) is 0.133. The standard InChI is InChI=1S/C15H14ClFN4/c16-12-6-5-10(17)7-11(12)14(20-18)8-21-9-19-13-3-1-2-4-15(13)21/h1-7,9,14,20H,8,18H2. The molecule has 0 radical (unpaired) electrons. The number of hydrogen-bond donors (Lipinski definition) is 2. The van der Waals surface area contributed by atoms with E-state index in [0.29, 0.717) is 17.1 Å². The van der Waals surface area contributed by atoms with Crippen molar-refractivity contribution in [2.45, 2.75) is 12.6 Å². The highest BCUT2D eigenvalue weighted by atomic mass is 35.5. The van der Waals surface area contributed by atoms with Gasteiger partial charge in [0.15, 0.2) is 0 Å². The summed E-state index contributed by atoms with van der Waals surface area (Å²) in [5.41, 5.74) is 5.20. The molecule has 0 fully saturated rings. The second kappa shape index (κ2) is 5.81. The lowest BCUT2D eigenvalue weighted by atomic mass is 10.1. The maximum atomic E-state index is 13.4. The number of nitrogens with one attached hydrogen (secondary N) is 1. The first-order valence-electron chi connectivity index (χ1n) is 6.50. The minimum Gasteiger partial charge on any atom is -0.329 e. The molecule has 108 valence electrons. The van der Waals surface area contributed by atoms with Gasteiger partial charge < -0.3 is 4.57 Å². The molecule has 21 heavy (non-hydrogen) atoms. The fourth-order valence-corrected chi connectivity index (χ4v) is 2.62. The van der Waals surface area contributed by atoms with Crippen molar-refractivity contribution in [1.29, 1.82) is 0 Å². The van der Waals surface area contributed by atoms with E-state index in [-0.39, 0.29) is 11.9 Å². The zero-order valence-electron chi connectivity index (χ0n) is 11.1. The number of hydrogen-bond acceptors (Lipinski definition) is 3. The quantitative estimate of drug-likeness (QED) is 0.575. The number of rotatable bonds is 4. The number of para-hydroxylation sites is 2. The monoisotopic (exact) mass is 304 g/mol. The Balaban J connectivity index is 1.96. The van der Waals surface area contributed by atoms with Crippen LogP contribution >= 0.6 is 11.6 Å². The summed E-state index contributed by atoms with van der Waals surface area (Å²) < 4.78 is 15.4. The molecule has 4 nitrogen and oxygen atoms in total. The number of aromatic nitrogens is 2. The van der Waals surface area contributed by atoms with Crippen LogP contribution in [0.1, 0.15) is 11.6 Å². The van der Waals surface area contributed by atoms with Crippen LogP contribution in [-0.4, -0.2) is 9.55 Å². The normalized spacial score (nSPS) is 12.7. The average molecular weight is 305 g/mol. The van der Waals surface area contributed by atoms with Gasteiger partial charge in [0.1, 0.15) is 5.82 Å². The zero-order valence-corrected chi connectivity index (χ0v) is 11.9. The number of benzene rings is 2. The van der Waals surface area contributed by atoms with E-state index in [4.69, 9.17) is 17.4 Å². The molecule has 0 saturated heterocycles. The van der Waals surface area contributed by atoms with Crippen LogP contribution in [0.25, 0.3) is 11.0 Å². The van der Waals surface area contributed by atoms with Crippen molar-refractivity contribution in [3.63, 3.8) is 0 Å². The fourth-order valence-electron chi connectivity index (χ4n) is 2.37. The van der Waals surface area contributed by atoms with E-state index in [9.17, 15) is 4.39 Å². The summed E-state index contributed by atoms with van der Waals surface area (Å²) in [5.74, 6) is 5.28. The largest absolute Gasteiger partial charge is 0.329 e. The van der Waals surface area contributed by atoms with Crippen LogP contribution in [0.5, 0.6) is 0 Å². The van der Waals surface area contributed by atoms with Gasteiger partial charge >= 0.3 is 0 Å². The number of nitrogens with zero attached hydrogens (tertiary/aromatic N) is 2. The molecule has 1 heterocycles. The molecule has 1 atom stereocenters. The van der Waals surface area contributed by atoms with Gasteiger partial charge in [0, 0.05) is 11.6 Å². The van der Waals surface area contributed by atoms with Gasteiger partial charge in [-0.3, -0.25) is 11.3 Å². The maximum Gasteiger partial charge on any atom is 0.123 e. The lowest BCUT2D eigenvalue weighted by Crippen LogP contribution is -2.31. The van der Waals surface area contributed by atoms with Gasteiger partial charge in [-0.15, -0.1) is 0 Å². The van der Waals surface area contributed by atoms with Crippen molar-refractivity contribution >= 4 is 22.6 Å². The van der Waals surface area contributed by atoms with E-state index in [0.717, 1.165) is 11.0 Å². The summed E-state index contributed by atoms with van der Waals surface area (Å²) in [6.45, 7) is 0.500. The van der Waals surface area contributed by atoms with Crippen LogP contribution in [0, 0.1) is 5.82 Å². The number of nitrogens with two attached hydrogens (primary N) is 1. The SMILES string of the molecule is NNC(Cn1cnc2ccccc21)c1cc(F)ccc1Cl. The molecule has 1 unspecified atom stereocenters. The first-order valence-corrected chi connectivity index (χ1v) is 6.88. The van der Waals surface area contributed by atoms with E-state index in [1.165, 1.54) is 18.2 Å². The number of halogens is 2. The first kappa shape index (κ1) is 14.0. The Kier molecular flexibility index (Phi) is 3.88. The highest BCUT2D eigenvalue weighted by Crippen LogP contribution is 2.25. The maximum absolute atomic E-state index is 13.4.